The normalized spacial score (nSPS) is 20.0. The first-order valence-electron chi connectivity index (χ1n) is 4.61. The van der Waals surface area contributed by atoms with Gasteiger partial charge in [-0.25, -0.2) is 0 Å². The lowest BCUT2D eigenvalue weighted by atomic mass is 10.1. The van der Waals surface area contributed by atoms with Crippen molar-refractivity contribution >= 4 is 15.9 Å². The zero-order valence-electron chi connectivity index (χ0n) is 7.72. The predicted molar refractivity (Wildman–Crippen MR) is 57.4 cm³/mol. The summed E-state index contributed by atoms with van der Waals surface area (Å²) in [5.41, 5.74) is 3.46. The number of fused-ring (bicyclic) bond motifs is 1. The first-order valence-corrected chi connectivity index (χ1v) is 5.73. The maximum absolute atomic E-state index is 5.51. The molecule has 1 unspecified atom stereocenters. The van der Waals surface area contributed by atoms with Gasteiger partial charge in [-0.05, 0) is 51.9 Å². The molecule has 0 saturated carbocycles. The van der Waals surface area contributed by atoms with Gasteiger partial charge in [0.15, 0.2) is 0 Å². The number of ether oxygens (including phenoxy) is 1. The summed E-state index contributed by atoms with van der Waals surface area (Å²) in [6.07, 6.45) is 2.37. The van der Waals surface area contributed by atoms with Crippen molar-refractivity contribution in [1.82, 2.24) is 0 Å². The van der Waals surface area contributed by atoms with Gasteiger partial charge in [0.05, 0.1) is 0 Å². The summed E-state index contributed by atoms with van der Waals surface area (Å²) < 4.78 is 5.51. The Hall–Kier alpha value is -0.500. The smallest absolute Gasteiger partial charge is 0.143 e. The summed E-state index contributed by atoms with van der Waals surface area (Å²) in [7, 11) is 0. The molecule has 1 aromatic carbocycles. The third-order valence-corrected chi connectivity index (χ3v) is 2.79. The van der Waals surface area contributed by atoms with Crippen molar-refractivity contribution in [2.75, 3.05) is 5.52 Å². The predicted octanol–water partition coefficient (Wildman–Crippen LogP) is 3.15. The quantitative estimate of drug-likeness (QED) is 0.722. The summed E-state index contributed by atoms with van der Waals surface area (Å²) in [5.74, 6) is 1.83. The van der Waals surface area contributed by atoms with Crippen molar-refractivity contribution in [2.45, 2.75) is 19.8 Å². The SMILES string of the molecule is CC1Cc2cccc(OCBr)c2C1. The van der Waals surface area contributed by atoms with E-state index in [0.717, 1.165) is 11.7 Å². The highest BCUT2D eigenvalue weighted by Crippen LogP contribution is 2.33. The van der Waals surface area contributed by atoms with E-state index >= 15 is 0 Å². The van der Waals surface area contributed by atoms with Crippen LogP contribution in [0, 0.1) is 5.92 Å². The van der Waals surface area contributed by atoms with E-state index in [-0.39, 0.29) is 0 Å². The standard InChI is InChI=1S/C11H13BrO/c1-8-5-9-3-2-4-11(13-7-12)10(9)6-8/h2-4,8H,5-7H2,1H3. The number of hydrogen-bond acceptors (Lipinski definition) is 1. The molecule has 1 atom stereocenters. The minimum absolute atomic E-state index is 0.581. The molecule has 70 valence electrons. The molecule has 1 aliphatic carbocycles. The van der Waals surface area contributed by atoms with Crippen molar-refractivity contribution in [3.63, 3.8) is 0 Å². The Balaban J connectivity index is 2.34. The van der Waals surface area contributed by atoms with Crippen LogP contribution in [0.3, 0.4) is 0 Å². The van der Waals surface area contributed by atoms with Gasteiger partial charge in [0.2, 0.25) is 0 Å². The van der Waals surface area contributed by atoms with Gasteiger partial charge in [0.25, 0.3) is 0 Å². The van der Waals surface area contributed by atoms with Crippen molar-refractivity contribution in [3.8, 4) is 5.75 Å². The molecule has 0 aromatic heterocycles. The first kappa shape index (κ1) is 9.07. The molecule has 0 N–H and O–H groups in total. The lowest BCUT2D eigenvalue weighted by Gasteiger charge is -2.07. The van der Waals surface area contributed by atoms with E-state index in [2.05, 4.69) is 41.1 Å². The van der Waals surface area contributed by atoms with Crippen molar-refractivity contribution in [3.05, 3.63) is 29.3 Å². The number of hydrogen-bond donors (Lipinski definition) is 0. The van der Waals surface area contributed by atoms with Crippen LogP contribution in [-0.2, 0) is 12.8 Å². The van der Waals surface area contributed by atoms with Crippen LogP contribution in [0.4, 0.5) is 0 Å². The van der Waals surface area contributed by atoms with Gasteiger partial charge in [0, 0.05) is 0 Å². The van der Waals surface area contributed by atoms with Crippen LogP contribution in [0.2, 0.25) is 0 Å². The summed E-state index contributed by atoms with van der Waals surface area (Å²) in [6, 6.07) is 6.34. The van der Waals surface area contributed by atoms with Crippen LogP contribution < -0.4 is 4.74 Å². The van der Waals surface area contributed by atoms with Gasteiger partial charge in [0.1, 0.15) is 11.3 Å². The molecule has 0 radical (unpaired) electrons. The van der Waals surface area contributed by atoms with Gasteiger partial charge in [-0.1, -0.05) is 19.1 Å². The van der Waals surface area contributed by atoms with Gasteiger partial charge < -0.3 is 4.74 Å². The second-order valence-electron chi connectivity index (χ2n) is 3.66. The molecule has 0 spiro atoms. The van der Waals surface area contributed by atoms with Crippen LogP contribution in [-0.4, -0.2) is 5.52 Å². The van der Waals surface area contributed by atoms with Crippen LogP contribution in [0.1, 0.15) is 18.1 Å². The topological polar surface area (TPSA) is 9.23 Å². The molecule has 0 aliphatic heterocycles. The van der Waals surface area contributed by atoms with Gasteiger partial charge in [-0.15, -0.1) is 0 Å². The molecular weight excluding hydrogens is 228 g/mol. The third kappa shape index (κ3) is 1.73. The molecule has 13 heavy (non-hydrogen) atoms. The molecule has 1 aromatic rings. The molecule has 2 heteroatoms. The molecule has 0 fully saturated rings. The third-order valence-electron chi connectivity index (χ3n) is 2.56. The van der Waals surface area contributed by atoms with Crippen molar-refractivity contribution in [2.24, 2.45) is 5.92 Å². The number of benzene rings is 1. The molecule has 0 saturated heterocycles. The highest BCUT2D eigenvalue weighted by atomic mass is 79.9. The second kappa shape index (κ2) is 3.70. The molecule has 0 bridgehead atoms. The van der Waals surface area contributed by atoms with Gasteiger partial charge in [-0.2, -0.15) is 0 Å². The molecular formula is C11H13BrO. The average molecular weight is 241 g/mol. The van der Waals surface area contributed by atoms with Crippen molar-refractivity contribution in [1.29, 1.82) is 0 Å². The fourth-order valence-electron chi connectivity index (χ4n) is 2.02. The van der Waals surface area contributed by atoms with E-state index in [1.165, 1.54) is 24.0 Å². The zero-order valence-corrected chi connectivity index (χ0v) is 9.30. The minimum atomic E-state index is 0.581. The summed E-state index contributed by atoms with van der Waals surface area (Å²) in [5, 5.41) is 0. The van der Waals surface area contributed by atoms with Crippen LogP contribution in [0.15, 0.2) is 18.2 Å². The lowest BCUT2D eigenvalue weighted by Crippen LogP contribution is -1.94. The van der Waals surface area contributed by atoms with E-state index in [4.69, 9.17) is 4.74 Å². The Kier molecular flexibility index (Phi) is 2.58. The van der Waals surface area contributed by atoms with Crippen LogP contribution in [0.5, 0.6) is 5.75 Å². The summed E-state index contributed by atoms with van der Waals surface area (Å²) in [6.45, 7) is 2.29. The summed E-state index contributed by atoms with van der Waals surface area (Å²) >= 11 is 3.29. The fourth-order valence-corrected chi connectivity index (χ4v) is 2.27. The van der Waals surface area contributed by atoms with E-state index in [9.17, 15) is 0 Å². The molecule has 2 rings (SSSR count). The van der Waals surface area contributed by atoms with E-state index < -0.39 is 0 Å². The molecule has 1 aliphatic rings. The number of alkyl halides is 1. The van der Waals surface area contributed by atoms with Gasteiger partial charge >= 0.3 is 0 Å². The van der Waals surface area contributed by atoms with Crippen LogP contribution >= 0.6 is 15.9 Å². The Morgan fingerprint density at radius 2 is 2.31 bits per heavy atom. The Morgan fingerprint density at radius 3 is 3.08 bits per heavy atom. The maximum atomic E-state index is 5.51. The Bertz CT molecular complexity index is 309. The molecule has 0 heterocycles. The molecule has 0 amide bonds. The largest absolute Gasteiger partial charge is 0.482 e. The molecule has 1 nitrogen and oxygen atoms in total. The highest BCUT2D eigenvalue weighted by Gasteiger charge is 2.20. The van der Waals surface area contributed by atoms with Crippen molar-refractivity contribution < 1.29 is 4.74 Å². The lowest BCUT2D eigenvalue weighted by molar-refractivity contribution is 0.392. The maximum Gasteiger partial charge on any atom is 0.143 e. The Morgan fingerprint density at radius 1 is 1.46 bits per heavy atom. The first-order chi connectivity index (χ1) is 6.31. The highest BCUT2D eigenvalue weighted by molar-refractivity contribution is 9.09. The monoisotopic (exact) mass is 240 g/mol. The van der Waals surface area contributed by atoms with Gasteiger partial charge in [-0.3, -0.25) is 0 Å². The Labute approximate surface area is 87.2 Å². The summed E-state index contributed by atoms with van der Waals surface area (Å²) in [4.78, 5) is 0. The number of rotatable bonds is 2. The van der Waals surface area contributed by atoms with E-state index in [0.29, 0.717) is 5.52 Å². The zero-order chi connectivity index (χ0) is 9.26. The number of halogens is 1. The average Bonchev–Trinajstić information content (AvgIpc) is 2.47. The fraction of sp³-hybridized carbons (Fsp3) is 0.455. The second-order valence-corrected chi connectivity index (χ2v) is 4.12. The van der Waals surface area contributed by atoms with E-state index in [1.54, 1.807) is 0 Å². The van der Waals surface area contributed by atoms with Crippen LogP contribution in [0.25, 0.3) is 0 Å². The van der Waals surface area contributed by atoms with E-state index in [1.807, 2.05) is 0 Å². The minimum Gasteiger partial charge on any atom is -0.482 e.